The van der Waals surface area contributed by atoms with E-state index in [0.717, 1.165) is 17.8 Å². The van der Waals surface area contributed by atoms with Crippen molar-refractivity contribution in [3.8, 4) is 11.3 Å². The summed E-state index contributed by atoms with van der Waals surface area (Å²) in [7, 11) is 0. The van der Waals surface area contributed by atoms with Gasteiger partial charge in [0.15, 0.2) is 11.5 Å². The van der Waals surface area contributed by atoms with Crippen molar-refractivity contribution in [3.05, 3.63) is 78.5 Å². The molecule has 0 aliphatic rings. The average molecular weight is 383 g/mol. The highest BCUT2D eigenvalue weighted by Crippen LogP contribution is 2.32. The summed E-state index contributed by atoms with van der Waals surface area (Å²) in [5, 5.41) is 3.22. The van der Waals surface area contributed by atoms with Crippen LogP contribution >= 0.6 is 0 Å². The quantitative estimate of drug-likeness (QED) is 0.553. The van der Waals surface area contributed by atoms with Gasteiger partial charge in [0.2, 0.25) is 0 Å². The Morgan fingerprint density at radius 3 is 2.68 bits per heavy atom. The monoisotopic (exact) mass is 383 g/mol. The SMILES string of the molecule is FC(F)(F)c1cccc(-c2cn3ccnc3c(NCCc3ccccn3)n2)c1. The summed E-state index contributed by atoms with van der Waals surface area (Å²) in [6.07, 6.45) is 3.04. The minimum Gasteiger partial charge on any atom is -0.367 e. The van der Waals surface area contributed by atoms with Gasteiger partial charge < -0.3 is 9.72 Å². The number of rotatable bonds is 5. The Labute approximate surface area is 158 Å². The van der Waals surface area contributed by atoms with Crippen LogP contribution in [0.25, 0.3) is 16.9 Å². The molecule has 0 amide bonds. The lowest BCUT2D eigenvalue weighted by atomic mass is 10.1. The van der Waals surface area contributed by atoms with Crippen molar-refractivity contribution in [2.24, 2.45) is 0 Å². The molecule has 0 radical (unpaired) electrons. The smallest absolute Gasteiger partial charge is 0.367 e. The van der Waals surface area contributed by atoms with Crippen molar-refractivity contribution in [2.45, 2.75) is 12.6 Å². The Balaban J connectivity index is 1.64. The first kappa shape index (κ1) is 18.0. The molecule has 4 rings (SSSR count). The van der Waals surface area contributed by atoms with E-state index in [-0.39, 0.29) is 0 Å². The number of nitrogens with one attached hydrogen (secondary N) is 1. The molecule has 0 spiro atoms. The number of nitrogens with zero attached hydrogens (tertiary/aromatic N) is 4. The molecule has 1 aromatic carbocycles. The van der Waals surface area contributed by atoms with Crippen LogP contribution in [0.2, 0.25) is 0 Å². The summed E-state index contributed by atoms with van der Waals surface area (Å²) in [4.78, 5) is 13.1. The predicted molar refractivity (Wildman–Crippen MR) is 99.9 cm³/mol. The molecule has 3 aromatic heterocycles. The fourth-order valence-corrected chi connectivity index (χ4v) is 2.90. The molecule has 0 saturated heterocycles. The van der Waals surface area contributed by atoms with Gasteiger partial charge in [-0.15, -0.1) is 0 Å². The van der Waals surface area contributed by atoms with E-state index in [9.17, 15) is 13.2 Å². The fraction of sp³-hybridized carbons (Fsp3) is 0.150. The summed E-state index contributed by atoms with van der Waals surface area (Å²) in [5.74, 6) is 0.510. The second-order valence-corrected chi connectivity index (χ2v) is 6.21. The van der Waals surface area contributed by atoms with Crippen molar-refractivity contribution in [3.63, 3.8) is 0 Å². The van der Waals surface area contributed by atoms with Crippen molar-refractivity contribution in [1.82, 2.24) is 19.4 Å². The molecule has 28 heavy (non-hydrogen) atoms. The normalized spacial score (nSPS) is 11.7. The van der Waals surface area contributed by atoms with Gasteiger partial charge in [0.25, 0.3) is 0 Å². The molecule has 0 aliphatic heterocycles. The van der Waals surface area contributed by atoms with E-state index in [2.05, 4.69) is 20.3 Å². The number of aromatic nitrogens is 4. The van der Waals surface area contributed by atoms with E-state index in [1.165, 1.54) is 6.07 Å². The molecule has 8 heteroatoms. The number of hydrogen-bond donors (Lipinski definition) is 1. The molecule has 0 unspecified atom stereocenters. The van der Waals surface area contributed by atoms with Gasteiger partial charge in [0.1, 0.15) is 0 Å². The van der Waals surface area contributed by atoms with Gasteiger partial charge in [-0.2, -0.15) is 13.2 Å². The number of hydrogen-bond acceptors (Lipinski definition) is 4. The van der Waals surface area contributed by atoms with Gasteiger partial charge in [0.05, 0.1) is 11.3 Å². The predicted octanol–water partition coefficient (Wildman–Crippen LogP) is 4.46. The standard InChI is InChI=1S/C20H16F3N5/c21-20(22,23)15-5-3-4-14(12-15)17-13-28-11-10-26-19(28)18(27-17)25-9-7-16-6-1-2-8-24-16/h1-6,8,10-13H,7,9H2,(H,25,27). The minimum absolute atomic E-state index is 0.387. The highest BCUT2D eigenvalue weighted by molar-refractivity contribution is 5.69. The molecule has 0 fully saturated rings. The van der Waals surface area contributed by atoms with Crippen LogP contribution in [0.3, 0.4) is 0 Å². The van der Waals surface area contributed by atoms with E-state index in [4.69, 9.17) is 0 Å². The van der Waals surface area contributed by atoms with Gasteiger partial charge in [-0.25, -0.2) is 9.97 Å². The van der Waals surface area contributed by atoms with Crippen LogP contribution in [0.5, 0.6) is 0 Å². The van der Waals surface area contributed by atoms with Crippen LogP contribution < -0.4 is 5.32 Å². The Morgan fingerprint density at radius 1 is 1.00 bits per heavy atom. The molecule has 142 valence electrons. The first-order chi connectivity index (χ1) is 13.5. The summed E-state index contributed by atoms with van der Waals surface area (Å²) >= 11 is 0. The van der Waals surface area contributed by atoms with Crippen LogP contribution in [0, 0.1) is 0 Å². The Bertz CT molecular complexity index is 1090. The third-order valence-corrected chi connectivity index (χ3v) is 4.26. The summed E-state index contributed by atoms with van der Waals surface area (Å²) in [5.41, 5.74) is 1.65. The maximum Gasteiger partial charge on any atom is 0.416 e. The third kappa shape index (κ3) is 3.80. The van der Waals surface area contributed by atoms with Gasteiger partial charge in [-0.05, 0) is 24.3 Å². The Morgan fingerprint density at radius 2 is 1.89 bits per heavy atom. The summed E-state index contributed by atoms with van der Waals surface area (Å²) < 4.78 is 40.9. The van der Waals surface area contributed by atoms with E-state index < -0.39 is 11.7 Å². The molecular weight excluding hydrogens is 367 g/mol. The molecule has 0 saturated carbocycles. The first-order valence-electron chi connectivity index (χ1n) is 8.66. The second-order valence-electron chi connectivity index (χ2n) is 6.21. The molecule has 0 bridgehead atoms. The van der Waals surface area contributed by atoms with Crippen LogP contribution in [-0.4, -0.2) is 25.9 Å². The summed E-state index contributed by atoms with van der Waals surface area (Å²) in [6, 6.07) is 10.8. The zero-order valence-corrected chi connectivity index (χ0v) is 14.7. The number of fused-ring (bicyclic) bond motifs is 1. The number of imidazole rings is 1. The van der Waals surface area contributed by atoms with Crippen LogP contribution in [0.4, 0.5) is 19.0 Å². The lowest BCUT2D eigenvalue weighted by molar-refractivity contribution is -0.137. The highest BCUT2D eigenvalue weighted by atomic mass is 19.4. The van der Waals surface area contributed by atoms with Gasteiger partial charge in [0, 0.05) is 49.0 Å². The molecule has 5 nitrogen and oxygen atoms in total. The largest absolute Gasteiger partial charge is 0.416 e. The zero-order chi connectivity index (χ0) is 19.6. The first-order valence-corrected chi connectivity index (χ1v) is 8.66. The number of benzene rings is 1. The molecule has 3 heterocycles. The van der Waals surface area contributed by atoms with Gasteiger partial charge >= 0.3 is 6.18 Å². The van der Waals surface area contributed by atoms with Crippen molar-refractivity contribution < 1.29 is 13.2 Å². The van der Waals surface area contributed by atoms with E-state index in [1.807, 2.05) is 18.2 Å². The van der Waals surface area contributed by atoms with Crippen molar-refractivity contribution in [1.29, 1.82) is 0 Å². The molecule has 1 N–H and O–H groups in total. The minimum atomic E-state index is -4.40. The van der Waals surface area contributed by atoms with Crippen molar-refractivity contribution in [2.75, 3.05) is 11.9 Å². The second kappa shape index (κ2) is 7.30. The van der Waals surface area contributed by atoms with E-state index >= 15 is 0 Å². The van der Waals surface area contributed by atoms with E-state index in [0.29, 0.717) is 35.7 Å². The molecule has 4 aromatic rings. The fourth-order valence-electron chi connectivity index (χ4n) is 2.90. The van der Waals surface area contributed by atoms with Crippen molar-refractivity contribution >= 4 is 11.5 Å². The van der Waals surface area contributed by atoms with Crippen LogP contribution in [0.1, 0.15) is 11.3 Å². The Hall–Kier alpha value is -3.42. The van der Waals surface area contributed by atoms with Gasteiger partial charge in [-0.3, -0.25) is 4.98 Å². The highest BCUT2D eigenvalue weighted by Gasteiger charge is 2.30. The van der Waals surface area contributed by atoms with E-state index in [1.54, 1.807) is 35.3 Å². The molecule has 0 atom stereocenters. The van der Waals surface area contributed by atoms with Gasteiger partial charge in [-0.1, -0.05) is 18.2 Å². The number of pyridine rings is 1. The molecule has 0 aliphatic carbocycles. The zero-order valence-electron chi connectivity index (χ0n) is 14.7. The maximum absolute atomic E-state index is 13.0. The lowest BCUT2D eigenvalue weighted by Gasteiger charge is -2.11. The summed E-state index contributed by atoms with van der Waals surface area (Å²) in [6.45, 7) is 0.568. The topological polar surface area (TPSA) is 55.1 Å². The average Bonchev–Trinajstić information content (AvgIpc) is 3.17. The number of anilines is 1. The number of halogens is 3. The van der Waals surface area contributed by atoms with Crippen LogP contribution in [-0.2, 0) is 12.6 Å². The Kier molecular flexibility index (Phi) is 4.68. The maximum atomic E-state index is 13.0. The molecular formula is C20H16F3N5. The van der Waals surface area contributed by atoms with Crippen LogP contribution in [0.15, 0.2) is 67.3 Å². The number of alkyl halides is 3. The third-order valence-electron chi connectivity index (χ3n) is 4.26. The lowest BCUT2D eigenvalue weighted by Crippen LogP contribution is -2.09.